The van der Waals surface area contributed by atoms with Crippen molar-refractivity contribution in [3.8, 4) is 0 Å². The van der Waals surface area contributed by atoms with Crippen LogP contribution in [0.2, 0.25) is 0 Å². The van der Waals surface area contributed by atoms with Gasteiger partial charge in [0.25, 0.3) is 0 Å². The van der Waals surface area contributed by atoms with Crippen molar-refractivity contribution in [2.45, 2.75) is 19.8 Å². The third-order valence-electron chi connectivity index (χ3n) is 2.58. The summed E-state index contributed by atoms with van der Waals surface area (Å²) in [5, 5.41) is 0. The molecule has 0 fully saturated rings. The van der Waals surface area contributed by atoms with Crippen molar-refractivity contribution in [1.29, 1.82) is 0 Å². The van der Waals surface area contributed by atoms with Gasteiger partial charge in [0.1, 0.15) is 0 Å². The average Bonchev–Trinajstić information content (AvgIpc) is 2.71. The topological polar surface area (TPSA) is 24.1 Å². The van der Waals surface area contributed by atoms with E-state index in [1.807, 2.05) is 6.20 Å². The Labute approximate surface area is 85.0 Å². The molecule has 0 saturated carbocycles. The summed E-state index contributed by atoms with van der Waals surface area (Å²) in [6.07, 6.45) is 2.02. The van der Waals surface area contributed by atoms with Gasteiger partial charge in [0.05, 0.1) is 0 Å². The highest BCUT2D eigenvalue weighted by atomic mass is 15.4. The van der Waals surface area contributed by atoms with Crippen LogP contribution in [-0.2, 0) is 0 Å². The average molecular weight is 188 g/mol. The number of hydrazine groups is 1. The van der Waals surface area contributed by atoms with Gasteiger partial charge >= 0.3 is 0 Å². The van der Waals surface area contributed by atoms with Gasteiger partial charge in [0.15, 0.2) is 0 Å². The summed E-state index contributed by atoms with van der Waals surface area (Å²) < 4.78 is 0. The minimum atomic E-state index is 0.609. The van der Waals surface area contributed by atoms with Crippen molar-refractivity contribution < 1.29 is 0 Å². The lowest BCUT2D eigenvalue weighted by atomic mass is 9.99. The van der Waals surface area contributed by atoms with E-state index in [1.54, 1.807) is 0 Å². The first-order valence-corrected chi connectivity index (χ1v) is 5.05. The third-order valence-corrected chi connectivity index (χ3v) is 2.58. The van der Waals surface area contributed by atoms with Gasteiger partial charge in [-0.25, -0.2) is 5.43 Å². The molecule has 0 saturated heterocycles. The van der Waals surface area contributed by atoms with Crippen LogP contribution in [0.15, 0.2) is 30.5 Å². The van der Waals surface area contributed by atoms with Gasteiger partial charge in [-0.1, -0.05) is 38.1 Å². The lowest BCUT2D eigenvalue weighted by molar-refractivity contribution is 0.729. The van der Waals surface area contributed by atoms with E-state index in [2.05, 4.69) is 49.0 Å². The van der Waals surface area contributed by atoms with Crippen LogP contribution in [0.5, 0.6) is 0 Å². The number of hydrogen-bond donors (Lipinski definition) is 2. The van der Waals surface area contributed by atoms with Gasteiger partial charge in [-0.2, -0.15) is 0 Å². The molecule has 0 aromatic heterocycles. The maximum atomic E-state index is 3.07. The SMILES string of the molecule is CC(C)c1ccc(C2=CNNC2)cc1. The van der Waals surface area contributed by atoms with Crippen LogP contribution in [0, 0.1) is 0 Å². The predicted molar refractivity (Wildman–Crippen MR) is 59.6 cm³/mol. The molecule has 0 bridgehead atoms. The van der Waals surface area contributed by atoms with Gasteiger partial charge in [-0.3, -0.25) is 0 Å². The molecule has 1 heterocycles. The fraction of sp³-hybridized carbons (Fsp3) is 0.333. The van der Waals surface area contributed by atoms with E-state index in [-0.39, 0.29) is 0 Å². The lowest BCUT2D eigenvalue weighted by Gasteiger charge is -2.06. The first kappa shape index (κ1) is 9.28. The van der Waals surface area contributed by atoms with E-state index < -0.39 is 0 Å². The molecule has 74 valence electrons. The van der Waals surface area contributed by atoms with Crippen molar-refractivity contribution in [3.63, 3.8) is 0 Å². The number of rotatable bonds is 2. The van der Waals surface area contributed by atoms with Crippen molar-refractivity contribution in [1.82, 2.24) is 10.9 Å². The Balaban J connectivity index is 2.21. The van der Waals surface area contributed by atoms with E-state index in [0.717, 1.165) is 6.54 Å². The molecule has 0 spiro atoms. The van der Waals surface area contributed by atoms with Gasteiger partial charge in [-0.05, 0) is 22.6 Å². The summed E-state index contributed by atoms with van der Waals surface area (Å²) in [4.78, 5) is 0. The van der Waals surface area contributed by atoms with Crippen molar-refractivity contribution in [2.24, 2.45) is 0 Å². The van der Waals surface area contributed by atoms with E-state index >= 15 is 0 Å². The van der Waals surface area contributed by atoms with Gasteiger partial charge in [0, 0.05) is 12.7 Å². The van der Waals surface area contributed by atoms with E-state index in [4.69, 9.17) is 0 Å². The summed E-state index contributed by atoms with van der Waals surface area (Å²) in [5.74, 6) is 0.609. The lowest BCUT2D eigenvalue weighted by Crippen LogP contribution is -2.20. The molecule has 0 unspecified atom stereocenters. The summed E-state index contributed by atoms with van der Waals surface area (Å²) in [6.45, 7) is 5.33. The smallest absolute Gasteiger partial charge is 0.0419 e. The molecule has 2 heteroatoms. The molecule has 0 atom stereocenters. The normalized spacial score (nSPS) is 15.5. The molecule has 2 nitrogen and oxygen atoms in total. The van der Waals surface area contributed by atoms with E-state index in [9.17, 15) is 0 Å². The predicted octanol–water partition coefficient (Wildman–Crippen LogP) is 2.26. The Hall–Kier alpha value is -1.28. The number of benzene rings is 1. The zero-order valence-corrected chi connectivity index (χ0v) is 8.67. The van der Waals surface area contributed by atoms with Gasteiger partial charge in [-0.15, -0.1) is 0 Å². The Kier molecular flexibility index (Phi) is 2.55. The van der Waals surface area contributed by atoms with Crippen molar-refractivity contribution in [3.05, 3.63) is 41.6 Å². The summed E-state index contributed by atoms with van der Waals surface area (Å²) >= 11 is 0. The molecule has 1 aromatic rings. The second-order valence-electron chi connectivity index (χ2n) is 3.94. The highest BCUT2D eigenvalue weighted by Gasteiger charge is 2.06. The fourth-order valence-electron chi connectivity index (χ4n) is 1.60. The molecule has 1 aliphatic heterocycles. The van der Waals surface area contributed by atoms with Crippen LogP contribution in [0.1, 0.15) is 30.9 Å². The zero-order chi connectivity index (χ0) is 9.97. The first-order valence-electron chi connectivity index (χ1n) is 5.05. The molecule has 0 radical (unpaired) electrons. The Bertz CT molecular complexity index is 336. The molecule has 14 heavy (non-hydrogen) atoms. The fourth-order valence-corrected chi connectivity index (χ4v) is 1.60. The zero-order valence-electron chi connectivity index (χ0n) is 8.67. The molecule has 0 amide bonds. The van der Waals surface area contributed by atoms with Gasteiger partial charge in [0.2, 0.25) is 0 Å². The second-order valence-corrected chi connectivity index (χ2v) is 3.94. The first-order chi connectivity index (χ1) is 6.77. The van der Waals surface area contributed by atoms with E-state index in [1.165, 1.54) is 16.7 Å². The molecule has 0 aliphatic carbocycles. The Morgan fingerprint density at radius 2 is 1.86 bits per heavy atom. The molecular formula is C12H16N2. The standard InChI is InChI=1S/C12H16N2/c1-9(2)10-3-5-11(6-4-10)12-7-13-14-8-12/h3-7,9,13-14H,8H2,1-2H3. The molecule has 2 rings (SSSR count). The third kappa shape index (κ3) is 1.80. The second kappa shape index (κ2) is 3.84. The highest BCUT2D eigenvalue weighted by Crippen LogP contribution is 2.19. The van der Waals surface area contributed by atoms with Crippen LogP contribution in [0.3, 0.4) is 0 Å². The van der Waals surface area contributed by atoms with E-state index in [0.29, 0.717) is 5.92 Å². The summed E-state index contributed by atoms with van der Waals surface area (Å²) in [5.41, 5.74) is 10.1. The molecular weight excluding hydrogens is 172 g/mol. The van der Waals surface area contributed by atoms with Crippen LogP contribution in [0.4, 0.5) is 0 Å². The van der Waals surface area contributed by atoms with Gasteiger partial charge < -0.3 is 5.43 Å². The monoisotopic (exact) mass is 188 g/mol. The summed E-state index contributed by atoms with van der Waals surface area (Å²) in [7, 11) is 0. The largest absolute Gasteiger partial charge is 0.328 e. The quantitative estimate of drug-likeness (QED) is 0.744. The van der Waals surface area contributed by atoms with Crippen LogP contribution in [0.25, 0.3) is 5.57 Å². The van der Waals surface area contributed by atoms with Crippen molar-refractivity contribution >= 4 is 5.57 Å². The van der Waals surface area contributed by atoms with Crippen LogP contribution < -0.4 is 10.9 Å². The number of hydrogen-bond acceptors (Lipinski definition) is 2. The van der Waals surface area contributed by atoms with Crippen LogP contribution in [-0.4, -0.2) is 6.54 Å². The summed E-state index contributed by atoms with van der Waals surface area (Å²) in [6, 6.07) is 8.80. The minimum Gasteiger partial charge on any atom is -0.328 e. The van der Waals surface area contributed by atoms with Crippen molar-refractivity contribution in [2.75, 3.05) is 6.54 Å². The Morgan fingerprint density at radius 3 is 2.36 bits per heavy atom. The maximum absolute atomic E-state index is 3.07. The maximum Gasteiger partial charge on any atom is 0.0419 e. The minimum absolute atomic E-state index is 0.609. The molecule has 1 aliphatic rings. The molecule has 1 aromatic carbocycles. The molecule has 2 N–H and O–H groups in total. The number of nitrogens with one attached hydrogen (secondary N) is 2. The van der Waals surface area contributed by atoms with Crippen LogP contribution >= 0.6 is 0 Å². The Morgan fingerprint density at radius 1 is 1.14 bits per heavy atom. The highest BCUT2D eigenvalue weighted by molar-refractivity contribution is 5.68.